The van der Waals surface area contributed by atoms with Crippen LogP contribution in [-0.2, 0) is 6.18 Å². The van der Waals surface area contributed by atoms with Gasteiger partial charge in [-0.1, -0.05) is 6.07 Å². The number of rotatable bonds is 6. The minimum absolute atomic E-state index is 0.0587. The van der Waals surface area contributed by atoms with Gasteiger partial charge in [0.25, 0.3) is 5.91 Å². The topological polar surface area (TPSA) is 47.6 Å². The number of carbonyl (C=O) groups is 1. The Morgan fingerprint density at radius 2 is 1.79 bits per heavy atom. The third kappa shape index (κ3) is 4.91. The average Bonchev–Trinajstić information content (AvgIpc) is 2.58. The van der Waals surface area contributed by atoms with Crippen molar-refractivity contribution >= 4 is 5.91 Å². The van der Waals surface area contributed by atoms with Crippen molar-refractivity contribution in [3.8, 4) is 11.5 Å². The number of ether oxygens (including phenoxy) is 2. The fraction of sp³-hybridized carbons (Fsp3) is 0.235. The van der Waals surface area contributed by atoms with Gasteiger partial charge in [-0.2, -0.15) is 13.2 Å². The highest BCUT2D eigenvalue weighted by Gasteiger charge is 2.30. The minimum atomic E-state index is -4.41. The summed E-state index contributed by atoms with van der Waals surface area (Å²) < 4.78 is 48.0. The molecule has 4 nitrogen and oxygen atoms in total. The van der Waals surface area contributed by atoms with Gasteiger partial charge in [-0.05, 0) is 42.5 Å². The lowest BCUT2D eigenvalue weighted by Crippen LogP contribution is -2.28. The van der Waals surface area contributed by atoms with Gasteiger partial charge < -0.3 is 14.8 Å². The van der Waals surface area contributed by atoms with Gasteiger partial charge in [-0.15, -0.1) is 0 Å². The van der Waals surface area contributed by atoms with Gasteiger partial charge in [0.1, 0.15) is 18.1 Å². The summed E-state index contributed by atoms with van der Waals surface area (Å²) in [5.74, 6) is 0.438. The molecule has 0 bridgehead atoms. The maximum absolute atomic E-state index is 12.6. The van der Waals surface area contributed by atoms with E-state index in [1.165, 1.54) is 19.2 Å². The minimum Gasteiger partial charge on any atom is -0.497 e. The molecule has 128 valence electrons. The van der Waals surface area contributed by atoms with Crippen molar-refractivity contribution < 1.29 is 27.4 Å². The second-order valence-corrected chi connectivity index (χ2v) is 4.86. The van der Waals surface area contributed by atoms with Crippen molar-refractivity contribution in [2.45, 2.75) is 6.18 Å². The first-order chi connectivity index (χ1) is 11.4. The van der Waals surface area contributed by atoms with Crippen LogP contribution in [-0.4, -0.2) is 26.2 Å². The van der Waals surface area contributed by atoms with Crippen molar-refractivity contribution in [2.75, 3.05) is 20.3 Å². The molecule has 0 aliphatic rings. The maximum atomic E-state index is 12.6. The number of benzene rings is 2. The molecule has 24 heavy (non-hydrogen) atoms. The predicted molar refractivity (Wildman–Crippen MR) is 82.3 cm³/mol. The highest BCUT2D eigenvalue weighted by Crippen LogP contribution is 2.31. The Kier molecular flexibility index (Phi) is 5.68. The quantitative estimate of drug-likeness (QED) is 0.819. The summed E-state index contributed by atoms with van der Waals surface area (Å²) in [6.07, 6.45) is -4.41. The first kappa shape index (κ1) is 17.7. The van der Waals surface area contributed by atoms with E-state index in [2.05, 4.69) is 5.32 Å². The Balaban J connectivity index is 1.81. The Labute approximate surface area is 137 Å². The van der Waals surface area contributed by atoms with Crippen molar-refractivity contribution in [1.29, 1.82) is 0 Å². The van der Waals surface area contributed by atoms with Crippen LogP contribution in [0.2, 0.25) is 0 Å². The summed E-state index contributed by atoms with van der Waals surface area (Å²) in [6.45, 7) is 0.227. The molecule has 7 heteroatoms. The molecule has 1 N–H and O–H groups in total. The van der Waals surface area contributed by atoms with Crippen molar-refractivity contribution in [3.05, 3.63) is 59.7 Å². The average molecular weight is 339 g/mol. The van der Waals surface area contributed by atoms with E-state index in [9.17, 15) is 18.0 Å². The fourth-order valence-electron chi connectivity index (χ4n) is 1.94. The molecule has 0 saturated carbocycles. The standard InChI is InChI=1S/C17H16F3NO3/c1-23-14-7-5-12(6-8-14)16(22)21-9-10-24-15-4-2-3-13(11-15)17(18,19)20/h2-8,11H,9-10H2,1H3,(H,21,22). The first-order valence-electron chi connectivity index (χ1n) is 7.12. The number of nitrogens with one attached hydrogen (secondary N) is 1. The molecule has 2 aromatic carbocycles. The molecule has 2 rings (SSSR count). The number of carbonyl (C=O) groups excluding carboxylic acids is 1. The maximum Gasteiger partial charge on any atom is 0.416 e. The van der Waals surface area contributed by atoms with Gasteiger partial charge in [-0.25, -0.2) is 0 Å². The van der Waals surface area contributed by atoms with Crippen LogP contribution in [0.15, 0.2) is 48.5 Å². The van der Waals surface area contributed by atoms with Gasteiger partial charge in [0.2, 0.25) is 0 Å². The summed E-state index contributed by atoms with van der Waals surface area (Å²) in [4.78, 5) is 11.9. The molecule has 0 fully saturated rings. The monoisotopic (exact) mass is 339 g/mol. The van der Waals surface area contributed by atoms with Gasteiger partial charge in [0, 0.05) is 5.56 Å². The van der Waals surface area contributed by atoms with Crippen LogP contribution in [0.4, 0.5) is 13.2 Å². The second kappa shape index (κ2) is 7.72. The lowest BCUT2D eigenvalue weighted by molar-refractivity contribution is -0.137. The zero-order chi connectivity index (χ0) is 17.6. The molecule has 0 aromatic heterocycles. The highest BCUT2D eigenvalue weighted by atomic mass is 19.4. The van der Waals surface area contributed by atoms with Gasteiger partial charge in [0.05, 0.1) is 19.2 Å². The zero-order valence-corrected chi connectivity index (χ0v) is 12.9. The molecule has 0 saturated heterocycles. The van der Waals surface area contributed by atoms with E-state index in [0.717, 1.165) is 12.1 Å². The molecule has 0 atom stereocenters. The third-order valence-electron chi connectivity index (χ3n) is 3.17. The summed E-state index contributed by atoms with van der Waals surface area (Å²) in [6, 6.07) is 11.1. The molecule has 0 aliphatic carbocycles. The van der Waals surface area contributed by atoms with Gasteiger partial charge >= 0.3 is 6.18 Å². The Morgan fingerprint density at radius 3 is 2.42 bits per heavy atom. The second-order valence-electron chi connectivity index (χ2n) is 4.86. The summed E-state index contributed by atoms with van der Waals surface area (Å²) in [5.41, 5.74) is -0.322. The van der Waals surface area contributed by atoms with Crippen LogP contribution in [0.25, 0.3) is 0 Å². The normalized spacial score (nSPS) is 11.0. The number of alkyl halides is 3. The molecular weight excluding hydrogens is 323 g/mol. The van der Waals surface area contributed by atoms with Crippen LogP contribution in [0.3, 0.4) is 0 Å². The van der Waals surface area contributed by atoms with Crippen LogP contribution >= 0.6 is 0 Å². The highest BCUT2D eigenvalue weighted by molar-refractivity contribution is 5.94. The van der Waals surface area contributed by atoms with Gasteiger partial charge in [-0.3, -0.25) is 4.79 Å². The van der Waals surface area contributed by atoms with Crippen LogP contribution in [0.1, 0.15) is 15.9 Å². The van der Waals surface area contributed by atoms with E-state index in [4.69, 9.17) is 9.47 Å². The molecule has 0 radical (unpaired) electrons. The number of halogens is 3. The van der Waals surface area contributed by atoms with Crippen LogP contribution < -0.4 is 14.8 Å². The van der Waals surface area contributed by atoms with E-state index >= 15 is 0 Å². The molecule has 1 amide bonds. The molecule has 0 spiro atoms. The fourth-order valence-corrected chi connectivity index (χ4v) is 1.94. The molecular formula is C17H16F3NO3. The lowest BCUT2D eigenvalue weighted by Gasteiger charge is -2.11. The molecule has 0 aliphatic heterocycles. The number of hydrogen-bond donors (Lipinski definition) is 1. The molecule has 0 unspecified atom stereocenters. The van der Waals surface area contributed by atoms with E-state index < -0.39 is 11.7 Å². The van der Waals surface area contributed by atoms with E-state index in [1.54, 1.807) is 24.3 Å². The number of hydrogen-bond acceptors (Lipinski definition) is 3. The van der Waals surface area contributed by atoms with Crippen molar-refractivity contribution in [1.82, 2.24) is 5.32 Å². The lowest BCUT2D eigenvalue weighted by atomic mass is 10.2. The van der Waals surface area contributed by atoms with E-state index in [0.29, 0.717) is 11.3 Å². The zero-order valence-electron chi connectivity index (χ0n) is 12.9. The van der Waals surface area contributed by atoms with Crippen LogP contribution in [0, 0.1) is 0 Å². The summed E-state index contributed by atoms with van der Waals surface area (Å²) in [7, 11) is 1.53. The van der Waals surface area contributed by atoms with Crippen LogP contribution in [0.5, 0.6) is 11.5 Å². The summed E-state index contributed by atoms with van der Waals surface area (Å²) >= 11 is 0. The Morgan fingerprint density at radius 1 is 1.08 bits per heavy atom. The Hall–Kier alpha value is -2.70. The smallest absolute Gasteiger partial charge is 0.416 e. The van der Waals surface area contributed by atoms with Gasteiger partial charge in [0.15, 0.2) is 0 Å². The summed E-state index contributed by atoms with van der Waals surface area (Å²) in [5, 5.41) is 2.62. The first-order valence-corrected chi connectivity index (χ1v) is 7.12. The SMILES string of the molecule is COc1ccc(C(=O)NCCOc2cccc(C(F)(F)F)c2)cc1. The third-order valence-corrected chi connectivity index (χ3v) is 3.17. The number of amides is 1. The Bertz CT molecular complexity index is 684. The largest absolute Gasteiger partial charge is 0.497 e. The number of methoxy groups -OCH3 is 1. The van der Waals surface area contributed by atoms with E-state index in [1.807, 2.05) is 0 Å². The molecule has 0 heterocycles. The van der Waals surface area contributed by atoms with Crippen molar-refractivity contribution in [2.24, 2.45) is 0 Å². The molecule has 2 aromatic rings. The van der Waals surface area contributed by atoms with E-state index in [-0.39, 0.29) is 24.8 Å². The van der Waals surface area contributed by atoms with Crippen molar-refractivity contribution in [3.63, 3.8) is 0 Å². The predicted octanol–water partition coefficient (Wildman–Crippen LogP) is 3.52.